The van der Waals surface area contributed by atoms with Gasteiger partial charge in [0.2, 0.25) is 11.8 Å². The summed E-state index contributed by atoms with van der Waals surface area (Å²) in [4.78, 5) is 24.5. The molecule has 0 aliphatic carbocycles. The van der Waals surface area contributed by atoms with E-state index in [2.05, 4.69) is 10.6 Å². The molecule has 2 N–H and O–H groups in total. The number of hydrogen-bond acceptors (Lipinski definition) is 2. The van der Waals surface area contributed by atoms with Gasteiger partial charge in [-0.2, -0.15) is 0 Å². The summed E-state index contributed by atoms with van der Waals surface area (Å²) in [5, 5.41) is 4.80. The minimum absolute atomic E-state index is 0.158. The molecule has 4 nitrogen and oxygen atoms in total. The fourth-order valence-electron chi connectivity index (χ4n) is 2.88. The number of amides is 2. The first kappa shape index (κ1) is 17.0. The molecular formula is C18H15F3N2O2. The predicted octanol–water partition coefficient (Wildman–Crippen LogP) is 2.88. The van der Waals surface area contributed by atoms with Crippen molar-refractivity contribution in [2.45, 2.75) is 12.8 Å². The Balaban J connectivity index is 1.87. The second-order valence-electron chi connectivity index (χ2n) is 5.93. The third kappa shape index (κ3) is 3.22. The lowest BCUT2D eigenvalue weighted by atomic mass is 9.87. The zero-order valence-corrected chi connectivity index (χ0v) is 13.3. The second-order valence-corrected chi connectivity index (χ2v) is 5.93. The molecule has 130 valence electrons. The van der Waals surface area contributed by atoms with Gasteiger partial charge in [-0.15, -0.1) is 0 Å². The Morgan fingerprint density at radius 3 is 2.64 bits per heavy atom. The lowest BCUT2D eigenvalue weighted by Crippen LogP contribution is -2.32. The van der Waals surface area contributed by atoms with Gasteiger partial charge in [0.25, 0.3) is 0 Å². The molecule has 2 atom stereocenters. The first-order valence-corrected chi connectivity index (χ1v) is 7.67. The van der Waals surface area contributed by atoms with Crippen LogP contribution in [0.2, 0.25) is 0 Å². The summed E-state index contributed by atoms with van der Waals surface area (Å²) in [6, 6.07) is 7.86. The van der Waals surface area contributed by atoms with Crippen LogP contribution in [0.4, 0.5) is 18.9 Å². The average Bonchev–Trinajstić information content (AvgIpc) is 2.96. The third-order valence-corrected chi connectivity index (χ3v) is 4.30. The highest BCUT2D eigenvalue weighted by atomic mass is 19.2. The Kier molecular flexibility index (Phi) is 4.48. The van der Waals surface area contributed by atoms with E-state index in [1.807, 2.05) is 0 Å². The maximum Gasteiger partial charge on any atom is 0.237 e. The van der Waals surface area contributed by atoms with E-state index in [4.69, 9.17) is 0 Å². The number of benzene rings is 2. The molecule has 2 amide bonds. The molecule has 0 aromatic heterocycles. The summed E-state index contributed by atoms with van der Waals surface area (Å²) >= 11 is 0. The summed E-state index contributed by atoms with van der Waals surface area (Å²) in [7, 11) is 0. The van der Waals surface area contributed by atoms with Gasteiger partial charge in [0.1, 0.15) is 11.7 Å². The van der Waals surface area contributed by atoms with Gasteiger partial charge in [0.05, 0.1) is 5.69 Å². The van der Waals surface area contributed by atoms with Crippen LogP contribution in [0.1, 0.15) is 17.0 Å². The number of rotatable bonds is 3. The van der Waals surface area contributed by atoms with Crippen LogP contribution in [0.15, 0.2) is 36.4 Å². The Labute approximate surface area is 142 Å². The molecule has 1 fully saturated rings. The van der Waals surface area contributed by atoms with Crippen molar-refractivity contribution < 1.29 is 22.8 Å². The summed E-state index contributed by atoms with van der Waals surface area (Å²) in [5.74, 6) is -5.82. The average molecular weight is 348 g/mol. The standard InChI is InChI=1S/C18H15F3N2O2/c1-9-5-6-10(7-13(9)20)11-8-22-17(24)15(11)18(25)23-14-4-2-3-12(19)16(14)21/h2-7,11,15H,8H2,1H3,(H,22,24)(H,23,25). The van der Waals surface area contributed by atoms with Crippen molar-refractivity contribution >= 4 is 17.5 Å². The van der Waals surface area contributed by atoms with E-state index in [1.165, 1.54) is 18.2 Å². The van der Waals surface area contributed by atoms with Crippen LogP contribution in [0.25, 0.3) is 0 Å². The maximum absolute atomic E-state index is 13.8. The number of aryl methyl sites for hydroxylation is 1. The second kappa shape index (κ2) is 6.58. The van der Waals surface area contributed by atoms with Gasteiger partial charge < -0.3 is 10.6 Å². The van der Waals surface area contributed by atoms with Crippen molar-refractivity contribution in [3.63, 3.8) is 0 Å². The highest BCUT2D eigenvalue weighted by Crippen LogP contribution is 2.31. The number of hydrogen-bond donors (Lipinski definition) is 2. The molecule has 25 heavy (non-hydrogen) atoms. The molecule has 1 saturated heterocycles. The van der Waals surface area contributed by atoms with Crippen LogP contribution in [-0.2, 0) is 9.59 Å². The molecule has 1 heterocycles. The van der Waals surface area contributed by atoms with Crippen LogP contribution in [0.3, 0.4) is 0 Å². The number of anilines is 1. The van der Waals surface area contributed by atoms with Crippen molar-refractivity contribution in [2.75, 3.05) is 11.9 Å². The zero-order valence-electron chi connectivity index (χ0n) is 13.3. The molecule has 0 saturated carbocycles. The van der Waals surface area contributed by atoms with Gasteiger partial charge in [0.15, 0.2) is 11.6 Å². The summed E-state index contributed by atoms with van der Waals surface area (Å²) in [6.07, 6.45) is 0. The molecule has 7 heteroatoms. The van der Waals surface area contributed by atoms with Gasteiger partial charge in [-0.1, -0.05) is 18.2 Å². The molecule has 3 rings (SSSR count). The molecule has 1 aliphatic rings. The Hall–Kier alpha value is -2.83. The predicted molar refractivity (Wildman–Crippen MR) is 85.4 cm³/mol. The number of carbonyl (C=O) groups excluding carboxylic acids is 2. The molecule has 0 spiro atoms. The van der Waals surface area contributed by atoms with Gasteiger partial charge in [-0.25, -0.2) is 13.2 Å². The normalized spacial score (nSPS) is 19.6. The Bertz CT molecular complexity index is 854. The lowest BCUT2D eigenvalue weighted by molar-refractivity contribution is -0.130. The van der Waals surface area contributed by atoms with Crippen molar-refractivity contribution in [1.82, 2.24) is 5.32 Å². The van der Waals surface area contributed by atoms with Crippen LogP contribution < -0.4 is 10.6 Å². The first-order valence-electron chi connectivity index (χ1n) is 7.67. The minimum Gasteiger partial charge on any atom is -0.355 e. The Morgan fingerprint density at radius 2 is 1.92 bits per heavy atom. The summed E-state index contributed by atoms with van der Waals surface area (Å²) in [6.45, 7) is 1.76. The fraction of sp³-hybridized carbons (Fsp3) is 0.222. The minimum atomic E-state index is -1.20. The van der Waals surface area contributed by atoms with Crippen molar-refractivity contribution in [1.29, 1.82) is 0 Å². The van der Waals surface area contributed by atoms with E-state index in [1.54, 1.807) is 19.1 Å². The highest BCUT2D eigenvalue weighted by Gasteiger charge is 2.41. The van der Waals surface area contributed by atoms with E-state index in [9.17, 15) is 22.8 Å². The molecule has 2 aromatic rings. The first-order chi connectivity index (χ1) is 11.9. The number of halogens is 3. The molecule has 1 aliphatic heterocycles. The van der Waals surface area contributed by atoms with E-state index < -0.39 is 41.1 Å². The largest absolute Gasteiger partial charge is 0.355 e. The number of carbonyl (C=O) groups is 2. The SMILES string of the molecule is Cc1ccc(C2CNC(=O)C2C(=O)Nc2cccc(F)c2F)cc1F. The van der Waals surface area contributed by atoms with Gasteiger partial charge in [-0.05, 0) is 36.2 Å². The molecular weight excluding hydrogens is 333 g/mol. The highest BCUT2D eigenvalue weighted by molar-refractivity contribution is 6.08. The maximum atomic E-state index is 13.8. The summed E-state index contributed by atoms with van der Waals surface area (Å²) < 4.78 is 40.8. The zero-order chi connectivity index (χ0) is 18.1. The smallest absolute Gasteiger partial charge is 0.237 e. The lowest BCUT2D eigenvalue weighted by Gasteiger charge is -2.17. The molecule has 2 unspecified atom stereocenters. The van der Waals surface area contributed by atoms with Crippen molar-refractivity contribution in [3.05, 3.63) is 65.0 Å². The van der Waals surface area contributed by atoms with E-state index in [0.717, 1.165) is 6.07 Å². The number of nitrogens with one attached hydrogen (secondary N) is 2. The van der Waals surface area contributed by atoms with Crippen molar-refractivity contribution in [3.8, 4) is 0 Å². The van der Waals surface area contributed by atoms with Gasteiger partial charge in [-0.3, -0.25) is 9.59 Å². The third-order valence-electron chi connectivity index (χ3n) is 4.30. The van der Waals surface area contributed by atoms with E-state index >= 15 is 0 Å². The monoisotopic (exact) mass is 348 g/mol. The fourth-order valence-corrected chi connectivity index (χ4v) is 2.88. The van der Waals surface area contributed by atoms with Crippen molar-refractivity contribution in [2.24, 2.45) is 5.92 Å². The summed E-state index contributed by atoms with van der Waals surface area (Å²) in [5.41, 5.74) is 0.587. The van der Waals surface area contributed by atoms with Crippen LogP contribution in [-0.4, -0.2) is 18.4 Å². The van der Waals surface area contributed by atoms with E-state index in [0.29, 0.717) is 11.1 Å². The van der Waals surface area contributed by atoms with Crippen LogP contribution in [0.5, 0.6) is 0 Å². The van der Waals surface area contributed by atoms with E-state index in [-0.39, 0.29) is 12.2 Å². The van der Waals surface area contributed by atoms with Gasteiger partial charge >= 0.3 is 0 Å². The topological polar surface area (TPSA) is 58.2 Å². The van der Waals surface area contributed by atoms with Gasteiger partial charge in [0, 0.05) is 12.5 Å². The molecule has 2 aromatic carbocycles. The quantitative estimate of drug-likeness (QED) is 0.838. The van der Waals surface area contributed by atoms with Crippen LogP contribution >= 0.6 is 0 Å². The molecule has 0 bridgehead atoms. The molecule has 0 radical (unpaired) electrons. The Morgan fingerprint density at radius 1 is 1.16 bits per heavy atom. The van der Waals surface area contributed by atoms with Crippen LogP contribution in [0, 0.1) is 30.3 Å².